The van der Waals surface area contributed by atoms with Crippen LogP contribution in [0.4, 0.5) is 5.69 Å². The number of methoxy groups -OCH3 is 1. The predicted octanol–water partition coefficient (Wildman–Crippen LogP) is 3.61. The summed E-state index contributed by atoms with van der Waals surface area (Å²) in [5.74, 6) is 1.81. The average Bonchev–Trinajstić information content (AvgIpc) is 2.80. The number of anilines is 1. The second kappa shape index (κ2) is 5.24. The van der Waals surface area contributed by atoms with E-state index in [4.69, 9.17) is 4.74 Å². The minimum absolute atomic E-state index is 0.853. The lowest BCUT2D eigenvalue weighted by molar-refractivity contribution is 0.415. The Bertz CT molecular complexity index is 343. The summed E-state index contributed by atoms with van der Waals surface area (Å²) in [6, 6.07) is 6.32. The average molecular weight is 219 g/mol. The molecule has 0 amide bonds. The maximum absolute atomic E-state index is 5.38. The molecule has 0 unspecified atom stereocenters. The fourth-order valence-corrected chi connectivity index (χ4v) is 2.41. The van der Waals surface area contributed by atoms with E-state index in [9.17, 15) is 0 Å². The first-order chi connectivity index (χ1) is 7.79. The number of ether oxygens (including phenoxy) is 1. The van der Waals surface area contributed by atoms with E-state index >= 15 is 0 Å². The normalized spacial score (nSPS) is 16.4. The highest BCUT2D eigenvalue weighted by Gasteiger charge is 2.15. The number of hydrogen-bond acceptors (Lipinski definition) is 2. The Morgan fingerprint density at radius 3 is 2.75 bits per heavy atom. The number of benzene rings is 1. The molecular formula is C14H21NO. The van der Waals surface area contributed by atoms with Gasteiger partial charge in [0.05, 0.1) is 12.8 Å². The van der Waals surface area contributed by atoms with Gasteiger partial charge in [0, 0.05) is 6.54 Å². The molecule has 1 fully saturated rings. The number of rotatable bonds is 4. The lowest BCUT2D eigenvalue weighted by Crippen LogP contribution is -2.11. The van der Waals surface area contributed by atoms with Gasteiger partial charge in [-0.05, 0) is 43.4 Å². The van der Waals surface area contributed by atoms with Gasteiger partial charge in [0.1, 0.15) is 5.75 Å². The van der Waals surface area contributed by atoms with Crippen molar-refractivity contribution in [2.24, 2.45) is 5.92 Å². The number of nitrogens with one attached hydrogen (secondary N) is 1. The van der Waals surface area contributed by atoms with Crippen LogP contribution in [-0.2, 0) is 0 Å². The first-order valence-electron chi connectivity index (χ1n) is 6.18. The van der Waals surface area contributed by atoms with Crippen molar-refractivity contribution < 1.29 is 4.74 Å². The van der Waals surface area contributed by atoms with Gasteiger partial charge < -0.3 is 10.1 Å². The summed E-state index contributed by atoms with van der Waals surface area (Å²) in [6.45, 7) is 3.17. The molecule has 88 valence electrons. The van der Waals surface area contributed by atoms with Gasteiger partial charge >= 0.3 is 0 Å². The smallest absolute Gasteiger partial charge is 0.142 e. The van der Waals surface area contributed by atoms with E-state index in [1.165, 1.54) is 31.2 Å². The summed E-state index contributed by atoms with van der Waals surface area (Å²) in [4.78, 5) is 0. The van der Waals surface area contributed by atoms with Crippen LogP contribution in [0.25, 0.3) is 0 Å². The van der Waals surface area contributed by atoms with Crippen LogP contribution in [0.15, 0.2) is 18.2 Å². The number of aryl methyl sites for hydroxylation is 1. The van der Waals surface area contributed by atoms with Crippen LogP contribution in [0.5, 0.6) is 5.75 Å². The lowest BCUT2D eigenvalue weighted by Gasteiger charge is -2.15. The molecular weight excluding hydrogens is 198 g/mol. The van der Waals surface area contributed by atoms with Crippen LogP contribution in [0, 0.1) is 12.8 Å². The van der Waals surface area contributed by atoms with Gasteiger partial charge in [0.25, 0.3) is 0 Å². The SMILES string of the molecule is COc1cc(C)ccc1NCC1CCCC1. The molecule has 16 heavy (non-hydrogen) atoms. The van der Waals surface area contributed by atoms with Crippen LogP contribution in [0.3, 0.4) is 0 Å². The molecule has 1 aliphatic carbocycles. The van der Waals surface area contributed by atoms with Gasteiger partial charge in [-0.2, -0.15) is 0 Å². The molecule has 1 aromatic carbocycles. The fraction of sp³-hybridized carbons (Fsp3) is 0.571. The van der Waals surface area contributed by atoms with Crippen molar-refractivity contribution in [1.82, 2.24) is 0 Å². The second-order valence-corrected chi connectivity index (χ2v) is 4.74. The number of hydrogen-bond donors (Lipinski definition) is 1. The molecule has 2 nitrogen and oxygen atoms in total. The summed E-state index contributed by atoms with van der Waals surface area (Å²) in [6.07, 6.45) is 5.55. The van der Waals surface area contributed by atoms with Crippen molar-refractivity contribution in [2.45, 2.75) is 32.6 Å². The first kappa shape index (κ1) is 11.3. The van der Waals surface area contributed by atoms with Gasteiger partial charge in [0.2, 0.25) is 0 Å². The molecule has 0 saturated heterocycles. The predicted molar refractivity (Wildman–Crippen MR) is 68.2 cm³/mol. The molecule has 2 rings (SSSR count). The van der Waals surface area contributed by atoms with Crippen LogP contribution in [-0.4, -0.2) is 13.7 Å². The van der Waals surface area contributed by atoms with Crippen LogP contribution in [0.2, 0.25) is 0 Å². The van der Waals surface area contributed by atoms with Crippen molar-refractivity contribution in [3.8, 4) is 5.75 Å². The van der Waals surface area contributed by atoms with Crippen molar-refractivity contribution >= 4 is 5.69 Å². The molecule has 1 aromatic rings. The third-order valence-corrected chi connectivity index (χ3v) is 3.41. The molecule has 0 aliphatic heterocycles. The quantitative estimate of drug-likeness (QED) is 0.835. The molecule has 1 aliphatic rings. The summed E-state index contributed by atoms with van der Waals surface area (Å²) in [5.41, 5.74) is 2.36. The van der Waals surface area contributed by atoms with Crippen LogP contribution in [0.1, 0.15) is 31.2 Å². The molecule has 1 saturated carbocycles. The summed E-state index contributed by atoms with van der Waals surface area (Å²) >= 11 is 0. The van der Waals surface area contributed by atoms with Crippen LogP contribution < -0.4 is 10.1 Å². The van der Waals surface area contributed by atoms with Crippen molar-refractivity contribution in [3.63, 3.8) is 0 Å². The first-order valence-corrected chi connectivity index (χ1v) is 6.18. The Balaban J connectivity index is 1.97. The topological polar surface area (TPSA) is 21.3 Å². The van der Waals surface area contributed by atoms with E-state index < -0.39 is 0 Å². The van der Waals surface area contributed by atoms with Gasteiger partial charge in [-0.1, -0.05) is 18.9 Å². The maximum atomic E-state index is 5.38. The Kier molecular flexibility index (Phi) is 3.70. The molecule has 0 atom stereocenters. The molecule has 0 radical (unpaired) electrons. The van der Waals surface area contributed by atoms with Crippen molar-refractivity contribution in [3.05, 3.63) is 23.8 Å². The molecule has 0 spiro atoms. The Morgan fingerprint density at radius 1 is 1.31 bits per heavy atom. The Labute approximate surface area is 98.0 Å². The highest BCUT2D eigenvalue weighted by Crippen LogP contribution is 2.28. The van der Waals surface area contributed by atoms with Crippen molar-refractivity contribution in [1.29, 1.82) is 0 Å². The molecule has 0 aromatic heterocycles. The monoisotopic (exact) mass is 219 g/mol. The van der Waals surface area contributed by atoms with Crippen LogP contribution >= 0.6 is 0 Å². The van der Waals surface area contributed by atoms with Gasteiger partial charge in [0.15, 0.2) is 0 Å². The maximum Gasteiger partial charge on any atom is 0.142 e. The minimum Gasteiger partial charge on any atom is -0.495 e. The summed E-state index contributed by atoms with van der Waals surface area (Å²) < 4.78 is 5.38. The summed E-state index contributed by atoms with van der Waals surface area (Å²) in [7, 11) is 1.73. The zero-order valence-corrected chi connectivity index (χ0v) is 10.3. The molecule has 0 bridgehead atoms. The highest BCUT2D eigenvalue weighted by molar-refractivity contribution is 5.57. The molecule has 2 heteroatoms. The fourth-order valence-electron chi connectivity index (χ4n) is 2.41. The minimum atomic E-state index is 0.853. The van der Waals surface area contributed by atoms with E-state index in [1.807, 2.05) is 0 Å². The molecule has 0 heterocycles. The van der Waals surface area contributed by atoms with E-state index in [1.54, 1.807) is 7.11 Å². The van der Waals surface area contributed by atoms with E-state index in [2.05, 4.69) is 30.4 Å². The Morgan fingerprint density at radius 2 is 2.06 bits per heavy atom. The highest BCUT2D eigenvalue weighted by atomic mass is 16.5. The van der Waals surface area contributed by atoms with E-state index in [-0.39, 0.29) is 0 Å². The second-order valence-electron chi connectivity index (χ2n) is 4.74. The Hall–Kier alpha value is -1.18. The van der Waals surface area contributed by atoms with Gasteiger partial charge in [-0.3, -0.25) is 0 Å². The van der Waals surface area contributed by atoms with Gasteiger partial charge in [-0.25, -0.2) is 0 Å². The third-order valence-electron chi connectivity index (χ3n) is 3.41. The zero-order valence-electron chi connectivity index (χ0n) is 10.3. The third kappa shape index (κ3) is 2.69. The van der Waals surface area contributed by atoms with E-state index in [0.29, 0.717) is 0 Å². The zero-order chi connectivity index (χ0) is 11.4. The summed E-state index contributed by atoms with van der Waals surface area (Å²) in [5, 5.41) is 3.51. The standard InChI is InChI=1S/C14H21NO/c1-11-7-8-13(14(9-11)16-2)15-10-12-5-3-4-6-12/h7-9,12,15H,3-6,10H2,1-2H3. The van der Waals surface area contributed by atoms with Crippen molar-refractivity contribution in [2.75, 3.05) is 19.0 Å². The lowest BCUT2D eigenvalue weighted by atomic mass is 10.1. The largest absolute Gasteiger partial charge is 0.495 e. The van der Waals surface area contributed by atoms with E-state index in [0.717, 1.165) is 23.9 Å². The van der Waals surface area contributed by atoms with Gasteiger partial charge in [-0.15, -0.1) is 0 Å². The molecule has 1 N–H and O–H groups in total.